The molecule has 1 unspecified atom stereocenters. The van der Waals surface area contributed by atoms with Crippen molar-refractivity contribution in [1.29, 1.82) is 0 Å². The molecule has 1 aromatic rings. The molecule has 0 heterocycles. The number of esters is 1. The molecule has 0 aliphatic rings. The summed E-state index contributed by atoms with van der Waals surface area (Å²) >= 11 is 0. The zero-order chi connectivity index (χ0) is 16.2. The van der Waals surface area contributed by atoms with Crippen LogP contribution in [0.15, 0.2) is 18.2 Å². The minimum Gasteiger partial charge on any atom is -0.464 e. The van der Waals surface area contributed by atoms with Gasteiger partial charge in [0.1, 0.15) is 11.9 Å². The molecule has 116 valence electrons. The van der Waals surface area contributed by atoms with Crippen LogP contribution in [0, 0.1) is 5.82 Å². The van der Waals surface area contributed by atoms with Crippen LogP contribution in [-0.4, -0.2) is 24.5 Å². The third-order valence-electron chi connectivity index (χ3n) is 2.52. The topological polar surface area (TPSA) is 55.4 Å². The van der Waals surface area contributed by atoms with Crippen LogP contribution in [0.2, 0.25) is 0 Å². The molecule has 1 N–H and O–H groups in total. The van der Waals surface area contributed by atoms with Gasteiger partial charge in [0.05, 0.1) is 12.2 Å². The van der Waals surface area contributed by atoms with Crippen LogP contribution in [0.5, 0.6) is 0 Å². The lowest BCUT2D eigenvalue weighted by molar-refractivity contribution is -0.145. The van der Waals surface area contributed by atoms with Gasteiger partial charge in [-0.3, -0.25) is 4.79 Å². The van der Waals surface area contributed by atoms with Crippen LogP contribution in [0.25, 0.3) is 0 Å². The van der Waals surface area contributed by atoms with Crippen molar-refractivity contribution in [3.05, 3.63) is 35.1 Å². The van der Waals surface area contributed by atoms with Crippen molar-refractivity contribution < 1.29 is 31.9 Å². The van der Waals surface area contributed by atoms with Crippen molar-refractivity contribution in [2.75, 3.05) is 6.61 Å². The Morgan fingerprint density at radius 1 is 1.33 bits per heavy atom. The molecule has 0 fully saturated rings. The minimum atomic E-state index is -4.84. The molecular formula is C13H13F4NO3. The highest BCUT2D eigenvalue weighted by Crippen LogP contribution is 2.31. The molecule has 0 radical (unpaired) electrons. The maximum Gasteiger partial charge on any atom is 0.419 e. The van der Waals surface area contributed by atoms with Gasteiger partial charge < -0.3 is 10.1 Å². The van der Waals surface area contributed by atoms with E-state index in [0.29, 0.717) is 12.1 Å². The van der Waals surface area contributed by atoms with Crippen molar-refractivity contribution in [2.24, 2.45) is 0 Å². The first kappa shape index (κ1) is 16.9. The SMILES string of the molecule is CCOC(=O)C(C)NC(=O)c1ccc(C(F)(F)F)c(F)c1. The fourth-order valence-corrected chi connectivity index (χ4v) is 1.49. The highest BCUT2D eigenvalue weighted by Gasteiger charge is 2.34. The zero-order valence-corrected chi connectivity index (χ0v) is 11.3. The first-order chi connectivity index (χ1) is 9.66. The number of nitrogens with one attached hydrogen (secondary N) is 1. The van der Waals surface area contributed by atoms with Crippen molar-refractivity contribution in [2.45, 2.75) is 26.1 Å². The van der Waals surface area contributed by atoms with Crippen LogP contribution < -0.4 is 5.32 Å². The number of halogens is 4. The minimum absolute atomic E-state index is 0.119. The molecule has 1 rings (SSSR count). The number of carbonyl (C=O) groups excluding carboxylic acids is 2. The molecule has 0 saturated carbocycles. The lowest BCUT2D eigenvalue weighted by Crippen LogP contribution is -2.39. The molecule has 21 heavy (non-hydrogen) atoms. The number of benzene rings is 1. The van der Waals surface area contributed by atoms with Gasteiger partial charge in [0.15, 0.2) is 0 Å². The molecule has 0 bridgehead atoms. The first-order valence-corrected chi connectivity index (χ1v) is 6.01. The number of alkyl halides is 3. The number of hydrogen-bond acceptors (Lipinski definition) is 3. The quantitative estimate of drug-likeness (QED) is 0.687. The van der Waals surface area contributed by atoms with Gasteiger partial charge in [0, 0.05) is 5.56 Å². The predicted octanol–water partition coefficient (Wildman–Crippen LogP) is 2.53. The molecule has 1 aromatic carbocycles. The van der Waals surface area contributed by atoms with E-state index in [1.165, 1.54) is 6.92 Å². The molecule has 0 aromatic heterocycles. The second-order valence-electron chi connectivity index (χ2n) is 4.14. The Hall–Kier alpha value is -2.12. The summed E-state index contributed by atoms with van der Waals surface area (Å²) in [6.07, 6.45) is -4.84. The fraction of sp³-hybridized carbons (Fsp3) is 0.385. The van der Waals surface area contributed by atoms with Crippen molar-refractivity contribution in [3.8, 4) is 0 Å². The Bertz CT molecular complexity index is 543. The van der Waals surface area contributed by atoms with E-state index >= 15 is 0 Å². The van der Waals surface area contributed by atoms with Gasteiger partial charge in [0.2, 0.25) is 0 Å². The average molecular weight is 307 g/mol. The summed E-state index contributed by atoms with van der Waals surface area (Å²) in [6, 6.07) is 0.775. The van der Waals surface area contributed by atoms with Crippen LogP contribution in [0.4, 0.5) is 17.6 Å². The second-order valence-corrected chi connectivity index (χ2v) is 4.14. The highest BCUT2D eigenvalue weighted by atomic mass is 19.4. The van der Waals surface area contributed by atoms with Crippen LogP contribution in [0.1, 0.15) is 29.8 Å². The number of rotatable bonds is 4. The van der Waals surface area contributed by atoms with E-state index in [2.05, 4.69) is 10.1 Å². The van der Waals surface area contributed by atoms with E-state index in [-0.39, 0.29) is 12.2 Å². The van der Waals surface area contributed by atoms with Crippen molar-refractivity contribution >= 4 is 11.9 Å². The highest BCUT2D eigenvalue weighted by molar-refractivity contribution is 5.96. The normalized spacial score (nSPS) is 12.7. The smallest absolute Gasteiger partial charge is 0.419 e. The molecule has 1 amide bonds. The van der Waals surface area contributed by atoms with Gasteiger partial charge in [-0.2, -0.15) is 13.2 Å². The van der Waals surface area contributed by atoms with Gasteiger partial charge in [-0.25, -0.2) is 9.18 Å². The summed E-state index contributed by atoms with van der Waals surface area (Å²) in [4.78, 5) is 23.0. The maximum atomic E-state index is 13.3. The van der Waals surface area contributed by atoms with Gasteiger partial charge in [-0.05, 0) is 32.0 Å². The molecule has 0 aliphatic heterocycles. The first-order valence-electron chi connectivity index (χ1n) is 6.01. The van der Waals surface area contributed by atoms with E-state index in [9.17, 15) is 27.2 Å². The molecule has 4 nitrogen and oxygen atoms in total. The fourth-order valence-electron chi connectivity index (χ4n) is 1.49. The standard InChI is InChI=1S/C13H13F4NO3/c1-3-21-12(20)7(2)18-11(19)8-4-5-9(10(14)6-8)13(15,16)17/h4-7H,3H2,1-2H3,(H,18,19). The molecule has 0 spiro atoms. The zero-order valence-electron chi connectivity index (χ0n) is 11.3. The Labute approximate surface area is 118 Å². The Kier molecular flexibility index (Phi) is 5.28. The lowest BCUT2D eigenvalue weighted by atomic mass is 10.1. The van der Waals surface area contributed by atoms with E-state index < -0.39 is 35.5 Å². The number of ether oxygens (including phenoxy) is 1. The number of carbonyl (C=O) groups is 2. The van der Waals surface area contributed by atoms with Crippen LogP contribution in [0.3, 0.4) is 0 Å². The number of amides is 1. The Balaban J connectivity index is 2.85. The summed E-state index contributed by atoms with van der Waals surface area (Å²) in [7, 11) is 0. The Morgan fingerprint density at radius 3 is 2.43 bits per heavy atom. The van der Waals surface area contributed by atoms with E-state index in [1.54, 1.807) is 6.92 Å². The molecule has 0 aliphatic carbocycles. The van der Waals surface area contributed by atoms with Gasteiger partial charge in [-0.15, -0.1) is 0 Å². The van der Waals surface area contributed by atoms with Crippen molar-refractivity contribution in [3.63, 3.8) is 0 Å². The number of hydrogen-bond donors (Lipinski definition) is 1. The van der Waals surface area contributed by atoms with E-state index in [1.807, 2.05) is 0 Å². The maximum absolute atomic E-state index is 13.3. The summed E-state index contributed by atoms with van der Waals surface area (Å²) in [5, 5.41) is 2.20. The average Bonchev–Trinajstić information content (AvgIpc) is 2.37. The molecule has 0 saturated heterocycles. The second kappa shape index (κ2) is 6.55. The molecule has 1 atom stereocenters. The third-order valence-corrected chi connectivity index (χ3v) is 2.52. The summed E-state index contributed by atoms with van der Waals surface area (Å²) in [5.41, 5.74) is -1.78. The van der Waals surface area contributed by atoms with Crippen LogP contribution in [-0.2, 0) is 15.7 Å². The van der Waals surface area contributed by atoms with Crippen LogP contribution >= 0.6 is 0 Å². The van der Waals surface area contributed by atoms with Gasteiger partial charge in [-0.1, -0.05) is 0 Å². The molecule has 8 heteroatoms. The van der Waals surface area contributed by atoms with Gasteiger partial charge in [0.25, 0.3) is 5.91 Å². The summed E-state index contributed by atoms with van der Waals surface area (Å²) in [6.45, 7) is 3.04. The molecular weight excluding hydrogens is 294 g/mol. The predicted molar refractivity (Wildman–Crippen MR) is 65.0 cm³/mol. The Morgan fingerprint density at radius 2 is 1.95 bits per heavy atom. The monoisotopic (exact) mass is 307 g/mol. The van der Waals surface area contributed by atoms with E-state index in [0.717, 1.165) is 6.07 Å². The van der Waals surface area contributed by atoms with Crippen molar-refractivity contribution in [1.82, 2.24) is 5.32 Å². The summed E-state index contributed by atoms with van der Waals surface area (Å²) < 4.78 is 55.1. The largest absolute Gasteiger partial charge is 0.464 e. The van der Waals surface area contributed by atoms with Gasteiger partial charge >= 0.3 is 12.1 Å². The third kappa shape index (κ3) is 4.44. The lowest BCUT2D eigenvalue weighted by Gasteiger charge is -2.13. The summed E-state index contributed by atoms with van der Waals surface area (Å²) in [5.74, 6) is -3.12. The van der Waals surface area contributed by atoms with E-state index in [4.69, 9.17) is 0 Å².